The van der Waals surface area contributed by atoms with Crippen LogP contribution >= 0.6 is 0 Å². The van der Waals surface area contributed by atoms with Gasteiger partial charge in [-0.25, -0.2) is 9.59 Å². The van der Waals surface area contributed by atoms with E-state index in [-0.39, 0.29) is 12.0 Å². The highest BCUT2D eigenvalue weighted by Crippen LogP contribution is 2.55. The molecule has 0 bridgehead atoms. The number of esters is 2. The van der Waals surface area contributed by atoms with Gasteiger partial charge in [0.1, 0.15) is 18.5 Å². The Labute approximate surface area is 175 Å². The number of hydrogen-bond donors (Lipinski definition) is 4. The van der Waals surface area contributed by atoms with Crippen LogP contribution in [0.1, 0.15) is 26.2 Å². The van der Waals surface area contributed by atoms with Crippen molar-refractivity contribution in [2.45, 2.75) is 50.6 Å². The Balaban J connectivity index is 2.45. The molecule has 2 saturated carbocycles. The Morgan fingerprint density at radius 3 is 2.40 bits per heavy atom. The molecule has 9 heteroatoms. The monoisotopic (exact) mass is 426 g/mol. The zero-order chi connectivity index (χ0) is 22.8. The molecule has 9 nitrogen and oxygen atoms in total. The van der Waals surface area contributed by atoms with E-state index < -0.39 is 71.7 Å². The van der Waals surface area contributed by atoms with Gasteiger partial charge in [-0.2, -0.15) is 0 Å². The molecule has 0 unspecified atom stereocenters. The molecule has 2 aliphatic rings. The second kappa shape index (κ2) is 9.38. The van der Waals surface area contributed by atoms with Crippen molar-refractivity contribution in [2.24, 2.45) is 23.2 Å². The van der Waals surface area contributed by atoms with E-state index in [1.54, 1.807) is 6.92 Å². The van der Waals surface area contributed by atoms with Gasteiger partial charge in [0.05, 0.1) is 37.4 Å². The van der Waals surface area contributed by atoms with Crippen LogP contribution in [-0.4, -0.2) is 76.8 Å². The number of aliphatic hydroxyl groups is 4. The molecule has 2 fully saturated rings. The molecule has 0 saturated heterocycles. The van der Waals surface area contributed by atoms with Crippen molar-refractivity contribution in [3.63, 3.8) is 0 Å². The Morgan fingerprint density at radius 2 is 1.87 bits per heavy atom. The fraction of sp³-hybridized carbons (Fsp3) is 0.667. The minimum absolute atomic E-state index is 0.0369. The number of aldehydes is 1. The molecule has 2 aliphatic carbocycles. The maximum atomic E-state index is 12.5. The highest BCUT2D eigenvalue weighted by atomic mass is 16.5. The first-order valence-corrected chi connectivity index (χ1v) is 9.80. The third kappa shape index (κ3) is 4.20. The number of fused-ring (bicyclic) bond motifs is 1. The first-order valence-electron chi connectivity index (χ1n) is 9.80. The van der Waals surface area contributed by atoms with E-state index in [0.717, 1.165) is 13.4 Å². The molecule has 30 heavy (non-hydrogen) atoms. The third-order valence-electron chi connectivity index (χ3n) is 6.66. The van der Waals surface area contributed by atoms with Gasteiger partial charge in [-0.15, -0.1) is 0 Å². The first kappa shape index (κ1) is 24.2. The molecule has 0 aromatic carbocycles. The van der Waals surface area contributed by atoms with E-state index in [1.807, 2.05) is 0 Å². The summed E-state index contributed by atoms with van der Waals surface area (Å²) in [5.74, 6) is -4.16. The summed E-state index contributed by atoms with van der Waals surface area (Å²) in [4.78, 5) is 36.3. The normalized spacial score (nSPS) is 36.7. The van der Waals surface area contributed by atoms with Crippen LogP contribution < -0.4 is 0 Å². The maximum absolute atomic E-state index is 12.5. The van der Waals surface area contributed by atoms with Crippen LogP contribution in [0, 0.1) is 23.2 Å². The minimum Gasteiger partial charge on any atom is -0.466 e. The SMILES string of the molecule is C=C(C(=O)OC)[C@@H]1[C@H](O)[C@@H]2[C@H](C=O)CC[C@H](O)[C@@]2(C)C[C@@H]1OC(=O)C(=C)[C@H](O)CO. The Hall–Kier alpha value is -2.07. The van der Waals surface area contributed by atoms with Gasteiger partial charge in [-0.05, 0) is 19.3 Å². The first-order chi connectivity index (χ1) is 14.0. The lowest BCUT2D eigenvalue weighted by Gasteiger charge is -2.56. The number of carbonyl (C=O) groups is 3. The van der Waals surface area contributed by atoms with E-state index in [2.05, 4.69) is 13.2 Å². The molecule has 2 rings (SSSR count). The third-order valence-corrected chi connectivity index (χ3v) is 6.66. The lowest BCUT2D eigenvalue weighted by atomic mass is 9.51. The molecule has 0 heterocycles. The van der Waals surface area contributed by atoms with Crippen molar-refractivity contribution in [1.82, 2.24) is 0 Å². The second-order valence-electron chi connectivity index (χ2n) is 8.33. The van der Waals surface area contributed by atoms with Gasteiger partial charge in [0.25, 0.3) is 0 Å². The quantitative estimate of drug-likeness (QED) is 0.240. The fourth-order valence-corrected chi connectivity index (χ4v) is 4.91. The molecule has 0 aromatic heterocycles. The zero-order valence-electron chi connectivity index (χ0n) is 17.2. The van der Waals surface area contributed by atoms with Gasteiger partial charge in [0, 0.05) is 22.8 Å². The van der Waals surface area contributed by atoms with Crippen molar-refractivity contribution in [2.75, 3.05) is 13.7 Å². The average Bonchev–Trinajstić information content (AvgIpc) is 2.72. The van der Waals surface area contributed by atoms with Crippen LogP contribution in [0.15, 0.2) is 24.3 Å². The summed E-state index contributed by atoms with van der Waals surface area (Å²) in [6.07, 6.45) is -3.34. The van der Waals surface area contributed by atoms with Crippen molar-refractivity contribution in [3.8, 4) is 0 Å². The standard InChI is InChI=1S/C21H30O9/c1-10(13(24)9-23)20(28)30-14-7-21(3)15(25)6-5-12(8-22)17(21)18(26)16(14)11(2)19(27)29-4/h8,12-18,23-26H,1-2,5-7,9H2,3-4H3/t12-,13+,14-,15-,16-,17-,18-,21+/m0/s1. The van der Waals surface area contributed by atoms with E-state index >= 15 is 0 Å². The predicted octanol–water partition coefficient (Wildman–Crippen LogP) is -0.490. The van der Waals surface area contributed by atoms with Crippen molar-refractivity contribution in [1.29, 1.82) is 0 Å². The molecule has 0 radical (unpaired) electrons. The fourth-order valence-electron chi connectivity index (χ4n) is 4.91. The van der Waals surface area contributed by atoms with Crippen LogP contribution in [0.4, 0.5) is 0 Å². The maximum Gasteiger partial charge on any atom is 0.336 e. The van der Waals surface area contributed by atoms with Gasteiger partial charge < -0.3 is 34.7 Å². The van der Waals surface area contributed by atoms with E-state index in [9.17, 15) is 29.7 Å². The predicted molar refractivity (Wildman–Crippen MR) is 104 cm³/mol. The highest BCUT2D eigenvalue weighted by molar-refractivity contribution is 5.90. The average molecular weight is 426 g/mol. The lowest BCUT2D eigenvalue weighted by Crippen LogP contribution is -2.62. The van der Waals surface area contributed by atoms with Gasteiger partial charge in [-0.3, -0.25) is 0 Å². The van der Waals surface area contributed by atoms with Gasteiger partial charge >= 0.3 is 11.9 Å². The molecule has 0 spiro atoms. The summed E-state index contributed by atoms with van der Waals surface area (Å²) in [7, 11) is 1.14. The zero-order valence-corrected chi connectivity index (χ0v) is 17.2. The number of aliphatic hydroxyl groups excluding tert-OH is 4. The summed E-state index contributed by atoms with van der Waals surface area (Å²) < 4.78 is 10.2. The summed E-state index contributed by atoms with van der Waals surface area (Å²) in [5, 5.41) is 40.6. The molecule has 0 aliphatic heterocycles. The number of ether oxygens (including phenoxy) is 2. The van der Waals surface area contributed by atoms with Crippen LogP contribution in [0.3, 0.4) is 0 Å². The summed E-state index contributed by atoms with van der Waals surface area (Å²) in [6.45, 7) is 8.08. The van der Waals surface area contributed by atoms with Crippen LogP contribution in [0.2, 0.25) is 0 Å². The molecule has 168 valence electrons. The van der Waals surface area contributed by atoms with E-state index in [0.29, 0.717) is 12.8 Å². The number of methoxy groups -OCH3 is 1. The number of carbonyl (C=O) groups excluding carboxylic acids is 3. The van der Waals surface area contributed by atoms with Crippen molar-refractivity contribution < 1.29 is 44.3 Å². The summed E-state index contributed by atoms with van der Waals surface area (Å²) in [6, 6.07) is 0. The van der Waals surface area contributed by atoms with Gasteiger partial charge in [0.2, 0.25) is 0 Å². The van der Waals surface area contributed by atoms with E-state index in [1.165, 1.54) is 0 Å². The van der Waals surface area contributed by atoms with Gasteiger partial charge in [-0.1, -0.05) is 20.1 Å². The molecule has 0 aromatic rings. The molecule has 8 atom stereocenters. The van der Waals surface area contributed by atoms with Crippen LogP contribution in [-0.2, 0) is 23.9 Å². The second-order valence-corrected chi connectivity index (χ2v) is 8.33. The Kier molecular flexibility index (Phi) is 7.57. The van der Waals surface area contributed by atoms with Gasteiger partial charge in [0.15, 0.2) is 0 Å². The lowest BCUT2D eigenvalue weighted by molar-refractivity contribution is -0.198. The Morgan fingerprint density at radius 1 is 1.23 bits per heavy atom. The Bertz CT molecular complexity index is 717. The number of rotatable bonds is 7. The largest absolute Gasteiger partial charge is 0.466 e. The van der Waals surface area contributed by atoms with E-state index in [4.69, 9.17) is 14.6 Å². The van der Waals surface area contributed by atoms with Crippen LogP contribution in [0.5, 0.6) is 0 Å². The van der Waals surface area contributed by atoms with Crippen molar-refractivity contribution >= 4 is 18.2 Å². The number of hydrogen-bond acceptors (Lipinski definition) is 9. The highest BCUT2D eigenvalue weighted by Gasteiger charge is 2.60. The minimum atomic E-state index is -1.53. The molecule has 4 N–H and O–H groups in total. The molecule has 0 amide bonds. The molecular formula is C21H30O9. The van der Waals surface area contributed by atoms with Crippen molar-refractivity contribution in [3.05, 3.63) is 24.3 Å². The molecular weight excluding hydrogens is 396 g/mol. The summed E-state index contributed by atoms with van der Waals surface area (Å²) in [5.41, 5.74) is -1.50. The topological polar surface area (TPSA) is 151 Å². The smallest absolute Gasteiger partial charge is 0.336 e. The summed E-state index contributed by atoms with van der Waals surface area (Å²) >= 11 is 0. The van der Waals surface area contributed by atoms with Crippen LogP contribution in [0.25, 0.3) is 0 Å².